The fourth-order valence-electron chi connectivity index (χ4n) is 1.90. The van der Waals surface area contributed by atoms with Crippen LogP contribution < -0.4 is 5.32 Å². The monoisotopic (exact) mass is 276 g/mol. The Morgan fingerprint density at radius 1 is 1.30 bits per heavy atom. The number of fused-ring (bicyclic) bond motifs is 1. The number of aromatic nitrogens is 1. The number of nitrogens with zero attached hydrogens (tertiary/aromatic N) is 1. The van der Waals surface area contributed by atoms with Crippen LogP contribution in [0.5, 0.6) is 0 Å². The molecule has 106 valence electrons. The molecule has 0 aliphatic rings. The molecule has 0 aliphatic carbocycles. The molecule has 0 saturated carbocycles. The number of carbonyl (C=O) groups is 2. The molecule has 1 aromatic carbocycles. The SMILES string of the molecule is Cc1nc2ccc(NC(=O)CCCCC(=O)O)cc2o1. The number of aliphatic carboxylic acids is 1. The number of nitrogens with one attached hydrogen (secondary N) is 1. The number of hydrogen-bond acceptors (Lipinski definition) is 4. The fourth-order valence-corrected chi connectivity index (χ4v) is 1.90. The molecular weight excluding hydrogens is 260 g/mol. The third-order valence-electron chi connectivity index (χ3n) is 2.82. The number of aryl methyl sites for hydroxylation is 1. The minimum absolute atomic E-state index is 0.0938. The molecule has 1 aromatic heterocycles. The van der Waals surface area contributed by atoms with Crippen LogP contribution in [0.1, 0.15) is 31.6 Å². The Bertz CT molecular complexity index is 633. The predicted octanol–water partition coefficient (Wildman–Crippen LogP) is 2.72. The van der Waals surface area contributed by atoms with Gasteiger partial charge in [-0.2, -0.15) is 0 Å². The first kappa shape index (κ1) is 14.0. The van der Waals surface area contributed by atoms with Crippen molar-refractivity contribution in [3.63, 3.8) is 0 Å². The number of carboxylic acids is 1. The molecule has 2 rings (SSSR count). The highest BCUT2D eigenvalue weighted by atomic mass is 16.4. The normalized spacial score (nSPS) is 10.7. The van der Waals surface area contributed by atoms with Crippen LogP contribution >= 0.6 is 0 Å². The minimum Gasteiger partial charge on any atom is -0.481 e. The van der Waals surface area contributed by atoms with Gasteiger partial charge in [0.2, 0.25) is 5.91 Å². The summed E-state index contributed by atoms with van der Waals surface area (Å²) < 4.78 is 5.39. The van der Waals surface area contributed by atoms with Gasteiger partial charge in [0.25, 0.3) is 0 Å². The van der Waals surface area contributed by atoms with Crippen LogP contribution in [0, 0.1) is 6.92 Å². The Morgan fingerprint density at radius 3 is 2.80 bits per heavy atom. The number of benzene rings is 1. The first-order valence-corrected chi connectivity index (χ1v) is 6.43. The van der Waals surface area contributed by atoms with E-state index in [9.17, 15) is 9.59 Å². The molecule has 0 unspecified atom stereocenters. The lowest BCUT2D eigenvalue weighted by Crippen LogP contribution is -2.11. The molecule has 0 aliphatic heterocycles. The summed E-state index contributed by atoms with van der Waals surface area (Å²) in [6, 6.07) is 5.27. The lowest BCUT2D eigenvalue weighted by molar-refractivity contribution is -0.137. The van der Waals surface area contributed by atoms with E-state index in [1.54, 1.807) is 25.1 Å². The summed E-state index contributed by atoms with van der Waals surface area (Å²) in [5, 5.41) is 11.3. The zero-order valence-electron chi connectivity index (χ0n) is 11.2. The lowest BCUT2D eigenvalue weighted by atomic mass is 10.2. The summed E-state index contributed by atoms with van der Waals surface area (Å²) in [5.74, 6) is -0.389. The number of oxazole rings is 1. The van der Waals surface area contributed by atoms with Crippen LogP contribution in [0.2, 0.25) is 0 Å². The number of unbranched alkanes of at least 4 members (excludes halogenated alkanes) is 1. The van der Waals surface area contributed by atoms with Crippen molar-refractivity contribution in [1.29, 1.82) is 0 Å². The van der Waals surface area contributed by atoms with E-state index in [1.807, 2.05) is 0 Å². The quantitative estimate of drug-likeness (QED) is 0.791. The van der Waals surface area contributed by atoms with Gasteiger partial charge in [-0.05, 0) is 25.0 Å². The minimum atomic E-state index is -0.837. The van der Waals surface area contributed by atoms with Crippen LogP contribution in [-0.2, 0) is 9.59 Å². The number of rotatable bonds is 6. The van der Waals surface area contributed by atoms with E-state index in [0.29, 0.717) is 36.4 Å². The fraction of sp³-hybridized carbons (Fsp3) is 0.357. The molecule has 6 nitrogen and oxygen atoms in total. The molecule has 20 heavy (non-hydrogen) atoms. The molecule has 0 saturated heterocycles. The van der Waals surface area contributed by atoms with E-state index in [-0.39, 0.29) is 12.3 Å². The summed E-state index contributed by atoms with van der Waals surface area (Å²) in [7, 11) is 0. The highest BCUT2D eigenvalue weighted by Gasteiger charge is 2.06. The smallest absolute Gasteiger partial charge is 0.303 e. The molecule has 2 aromatic rings. The second kappa shape index (κ2) is 6.18. The van der Waals surface area contributed by atoms with Crippen LogP contribution in [0.3, 0.4) is 0 Å². The number of hydrogen-bond donors (Lipinski definition) is 2. The molecule has 0 spiro atoms. The molecule has 0 fully saturated rings. The molecule has 0 radical (unpaired) electrons. The molecule has 1 amide bonds. The summed E-state index contributed by atoms with van der Waals surface area (Å²) in [4.78, 5) is 26.2. The van der Waals surface area contributed by atoms with Crippen molar-refractivity contribution in [1.82, 2.24) is 4.98 Å². The zero-order valence-corrected chi connectivity index (χ0v) is 11.2. The number of amides is 1. The third kappa shape index (κ3) is 3.81. The maximum absolute atomic E-state index is 11.7. The van der Waals surface area contributed by atoms with Gasteiger partial charge in [-0.25, -0.2) is 4.98 Å². The van der Waals surface area contributed by atoms with Crippen molar-refractivity contribution < 1.29 is 19.1 Å². The Morgan fingerprint density at radius 2 is 2.05 bits per heavy atom. The average Bonchev–Trinajstić information content (AvgIpc) is 2.74. The van der Waals surface area contributed by atoms with E-state index in [4.69, 9.17) is 9.52 Å². The van der Waals surface area contributed by atoms with Gasteiger partial charge in [0, 0.05) is 31.5 Å². The highest BCUT2D eigenvalue weighted by Crippen LogP contribution is 2.20. The maximum Gasteiger partial charge on any atom is 0.303 e. The van der Waals surface area contributed by atoms with Gasteiger partial charge in [0.15, 0.2) is 11.5 Å². The maximum atomic E-state index is 11.7. The summed E-state index contributed by atoms with van der Waals surface area (Å²) >= 11 is 0. The molecule has 1 heterocycles. The van der Waals surface area contributed by atoms with E-state index in [0.717, 1.165) is 5.52 Å². The molecular formula is C14H16N2O4. The van der Waals surface area contributed by atoms with Crippen LogP contribution in [0.4, 0.5) is 5.69 Å². The first-order valence-electron chi connectivity index (χ1n) is 6.43. The number of carbonyl (C=O) groups excluding carboxylic acids is 1. The average molecular weight is 276 g/mol. The Hall–Kier alpha value is -2.37. The van der Waals surface area contributed by atoms with E-state index >= 15 is 0 Å². The van der Waals surface area contributed by atoms with Crippen molar-refractivity contribution >= 4 is 28.7 Å². The Labute approximate surface area is 115 Å². The molecule has 2 N–H and O–H groups in total. The highest BCUT2D eigenvalue weighted by molar-refractivity contribution is 5.92. The van der Waals surface area contributed by atoms with Crippen molar-refractivity contribution in [3.8, 4) is 0 Å². The number of anilines is 1. The lowest BCUT2D eigenvalue weighted by Gasteiger charge is -2.04. The van der Waals surface area contributed by atoms with Gasteiger partial charge in [-0.1, -0.05) is 0 Å². The van der Waals surface area contributed by atoms with Gasteiger partial charge >= 0.3 is 5.97 Å². The van der Waals surface area contributed by atoms with Crippen molar-refractivity contribution in [2.45, 2.75) is 32.6 Å². The van der Waals surface area contributed by atoms with E-state index in [2.05, 4.69) is 10.3 Å². The molecule has 0 atom stereocenters. The summed E-state index contributed by atoms with van der Waals surface area (Å²) in [6.45, 7) is 1.76. The Balaban J connectivity index is 1.87. The zero-order chi connectivity index (χ0) is 14.5. The van der Waals surface area contributed by atoms with Crippen LogP contribution in [0.15, 0.2) is 22.6 Å². The largest absolute Gasteiger partial charge is 0.481 e. The number of carboxylic acid groups (broad SMARTS) is 1. The van der Waals surface area contributed by atoms with Gasteiger partial charge in [-0.3, -0.25) is 9.59 Å². The van der Waals surface area contributed by atoms with Gasteiger partial charge in [0.05, 0.1) is 0 Å². The molecule has 0 bridgehead atoms. The topological polar surface area (TPSA) is 92.4 Å². The van der Waals surface area contributed by atoms with Crippen LogP contribution in [0.25, 0.3) is 11.1 Å². The van der Waals surface area contributed by atoms with Crippen molar-refractivity contribution in [3.05, 3.63) is 24.1 Å². The van der Waals surface area contributed by atoms with Gasteiger partial charge in [0.1, 0.15) is 5.52 Å². The van der Waals surface area contributed by atoms with Gasteiger partial charge < -0.3 is 14.8 Å². The summed E-state index contributed by atoms with van der Waals surface area (Å²) in [6.07, 6.45) is 1.46. The summed E-state index contributed by atoms with van der Waals surface area (Å²) in [5.41, 5.74) is 2.03. The second-order valence-electron chi connectivity index (χ2n) is 4.56. The van der Waals surface area contributed by atoms with E-state index in [1.165, 1.54) is 0 Å². The van der Waals surface area contributed by atoms with Crippen molar-refractivity contribution in [2.75, 3.05) is 5.32 Å². The first-order chi connectivity index (χ1) is 9.54. The third-order valence-corrected chi connectivity index (χ3v) is 2.82. The molecule has 6 heteroatoms. The standard InChI is InChI=1S/C14H16N2O4/c1-9-15-11-7-6-10(8-12(11)20-9)16-13(17)4-2-3-5-14(18)19/h6-8H,2-5H2,1H3,(H,16,17)(H,18,19). The van der Waals surface area contributed by atoms with E-state index < -0.39 is 5.97 Å². The van der Waals surface area contributed by atoms with Crippen molar-refractivity contribution in [2.24, 2.45) is 0 Å². The van der Waals surface area contributed by atoms with Gasteiger partial charge in [-0.15, -0.1) is 0 Å². The second-order valence-corrected chi connectivity index (χ2v) is 4.56. The van der Waals surface area contributed by atoms with Crippen LogP contribution in [-0.4, -0.2) is 22.0 Å². The predicted molar refractivity (Wildman–Crippen MR) is 73.5 cm³/mol. The Kier molecular flexibility index (Phi) is 4.34.